The van der Waals surface area contributed by atoms with Crippen molar-refractivity contribution in [2.24, 2.45) is 0 Å². The average molecular weight is 614 g/mol. The van der Waals surface area contributed by atoms with Gasteiger partial charge in [-0.15, -0.1) is 0 Å². The topological polar surface area (TPSA) is 112 Å². The molecule has 13 heteroatoms. The lowest BCUT2D eigenvalue weighted by atomic mass is 10.2. The maximum absolute atomic E-state index is 12.8. The number of carbonyl (C=O) groups is 1. The van der Waals surface area contributed by atoms with Crippen LogP contribution in [0.2, 0.25) is 0 Å². The first-order chi connectivity index (χ1) is 20.1. The molecule has 1 fully saturated rings. The third-order valence-corrected chi connectivity index (χ3v) is 8.71. The Hall–Kier alpha value is -3.63. The minimum Gasteiger partial charge on any atom is -0.494 e. The van der Waals surface area contributed by atoms with Crippen LogP contribution in [0.25, 0.3) is 0 Å². The average Bonchev–Trinajstić information content (AvgIpc) is 2.98. The number of rotatable bonds is 12. The summed E-state index contributed by atoms with van der Waals surface area (Å²) in [6, 6.07) is 10.7. The van der Waals surface area contributed by atoms with Crippen LogP contribution >= 0.6 is 18.9 Å². The first-order valence-electron chi connectivity index (χ1n) is 13.5. The number of hydrogen-bond acceptors (Lipinski definition) is 10. The van der Waals surface area contributed by atoms with Gasteiger partial charge in [0.05, 0.1) is 42.3 Å². The molecule has 0 atom stereocenters. The van der Waals surface area contributed by atoms with E-state index >= 15 is 0 Å². The zero-order valence-electron chi connectivity index (χ0n) is 24.3. The van der Waals surface area contributed by atoms with E-state index in [4.69, 9.17) is 21.3 Å². The molecule has 0 unspecified atom stereocenters. The smallest absolute Gasteiger partial charge is 0.247 e. The van der Waals surface area contributed by atoms with E-state index in [0.717, 1.165) is 32.7 Å². The van der Waals surface area contributed by atoms with E-state index in [1.54, 1.807) is 57.1 Å². The molecule has 0 spiro atoms. The lowest BCUT2D eigenvalue weighted by Gasteiger charge is -2.32. The van der Waals surface area contributed by atoms with Crippen molar-refractivity contribution in [3.8, 4) is 11.5 Å². The Morgan fingerprint density at radius 1 is 1.12 bits per heavy atom. The van der Waals surface area contributed by atoms with Gasteiger partial charge in [-0.25, -0.2) is 14.4 Å². The molecular weight excluding hydrogens is 577 g/mol. The molecule has 4 rings (SSSR count). The number of aromatic nitrogens is 2. The van der Waals surface area contributed by atoms with Crippen LogP contribution in [-0.2, 0) is 9.36 Å². The summed E-state index contributed by atoms with van der Waals surface area (Å²) in [5.41, 5.74) is 2.06. The SMILES string of the molecule is C=CC(=O)Nc1cc(Nc2ncc(N(Cl)c3ccccc3P(C)(C)=O)cn2)c(OC)cc1OCCN1CCN(C)CC1. The van der Waals surface area contributed by atoms with Crippen LogP contribution in [0, 0.1) is 0 Å². The molecule has 1 saturated heterocycles. The number of nitrogens with zero attached hydrogens (tertiary/aromatic N) is 5. The summed E-state index contributed by atoms with van der Waals surface area (Å²) in [4.78, 5) is 25.7. The molecule has 1 amide bonds. The number of halogens is 1. The molecule has 224 valence electrons. The standard InChI is InChI=1S/C29H37ClN7O4P/c1-6-28(38)33-23-17-22(25(40-3)18-26(23)41-16-15-36-13-11-35(2)12-14-36)34-29-31-19-21(20-32-29)37(30)24-9-7-8-10-27(24)42(4,5)39/h6-10,17-20H,1,11-16H2,2-5H3,(H,33,38)(H,31,32,34). The second-order valence-corrected chi connectivity index (χ2v) is 13.8. The molecule has 1 aliphatic rings. The maximum Gasteiger partial charge on any atom is 0.247 e. The number of ether oxygens (including phenoxy) is 2. The van der Waals surface area contributed by atoms with Crippen LogP contribution in [0.15, 0.2) is 61.4 Å². The van der Waals surface area contributed by atoms with Gasteiger partial charge in [0.1, 0.15) is 25.2 Å². The van der Waals surface area contributed by atoms with Crippen molar-refractivity contribution < 1.29 is 18.8 Å². The number of methoxy groups -OCH3 is 1. The summed E-state index contributed by atoms with van der Waals surface area (Å²) in [5.74, 6) is 0.848. The molecule has 0 aliphatic carbocycles. The number of benzene rings is 2. The van der Waals surface area contributed by atoms with Gasteiger partial charge >= 0.3 is 0 Å². The number of anilines is 5. The number of nitrogens with one attached hydrogen (secondary N) is 2. The van der Waals surface area contributed by atoms with Crippen LogP contribution in [0.3, 0.4) is 0 Å². The molecular formula is C29H37ClN7O4P. The van der Waals surface area contributed by atoms with E-state index in [9.17, 15) is 9.36 Å². The number of hydrogen-bond donors (Lipinski definition) is 2. The Morgan fingerprint density at radius 3 is 2.45 bits per heavy atom. The number of amides is 1. The highest BCUT2D eigenvalue weighted by molar-refractivity contribution is 7.70. The van der Waals surface area contributed by atoms with E-state index in [-0.39, 0.29) is 11.9 Å². The Labute approximate surface area is 252 Å². The Bertz CT molecular complexity index is 1440. The van der Waals surface area contributed by atoms with Crippen LogP contribution < -0.4 is 29.8 Å². The summed E-state index contributed by atoms with van der Waals surface area (Å²) in [7, 11) is 1.09. The van der Waals surface area contributed by atoms with Crippen molar-refractivity contribution in [3.05, 3.63) is 61.4 Å². The monoisotopic (exact) mass is 613 g/mol. The summed E-state index contributed by atoms with van der Waals surface area (Å²) >= 11 is 6.63. The quantitative estimate of drug-likeness (QED) is 0.172. The van der Waals surface area contributed by atoms with Crippen molar-refractivity contribution in [1.29, 1.82) is 0 Å². The van der Waals surface area contributed by atoms with E-state index in [2.05, 4.69) is 44.0 Å². The van der Waals surface area contributed by atoms with Gasteiger partial charge in [-0.3, -0.25) is 9.69 Å². The first-order valence-corrected chi connectivity index (χ1v) is 16.4. The fraction of sp³-hybridized carbons (Fsp3) is 0.345. The minimum atomic E-state index is -2.58. The third-order valence-electron chi connectivity index (χ3n) is 6.79. The lowest BCUT2D eigenvalue weighted by molar-refractivity contribution is -0.111. The van der Waals surface area contributed by atoms with Gasteiger partial charge in [-0.1, -0.05) is 18.7 Å². The third kappa shape index (κ3) is 8.01. The molecule has 42 heavy (non-hydrogen) atoms. The van der Waals surface area contributed by atoms with Crippen LogP contribution in [0.4, 0.5) is 28.7 Å². The van der Waals surface area contributed by atoms with Gasteiger partial charge in [0.15, 0.2) is 0 Å². The Morgan fingerprint density at radius 2 is 1.81 bits per heavy atom. The molecule has 2 aromatic carbocycles. The van der Waals surface area contributed by atoms with Crippen LogP contribution in [0.1, 0.15) is 0 Å². The Kier molecular flexibility index (Phi) is 10.5. The van der Waals surface area contributed by atoms with Gasteiger partial charge in [-0.05, 0) is 44.7 Å². The molecule has 11 nitrogen and oxygen atoms in total. The minimum absolute atomic E-state index is 0.275. The zero-order chi connectivity index (χ0) is 30.3. The Balaban J connectivity index is 1.52. The fourth-order valence-corrected chi connectivity index (χ4v) is 5.88. The van der Waals surface area contributed by atoms with Crippen molar-refractivity contribution in [3.63, 3.8) is 0 Å². The van der Waals surface area contributed by atoms with Gasteiger partial charge < -0.3 is 29.6 Å². The molecule has 2 heterocycles. The molecule has 0 saturated carbocycles. The van der Waals surface area contributed by atoms with E-state index in [0.29, 0.717) is 46.2 Å². The second kappa shape index (κ2) is 14.0. The van der Waals surface area contributed by atoms with Crippen LogP contribution in [-0.4, -0.2) is 92.5 Å². The van der Waals surface area contributed by atoms with Gasteiger partial charge in [0, 0.05) is 55.9 Å². The predicted molar refractivity (Wildman–Crippen MR) is 170 cm³/mol. The summed E-state index contributed by atoms with van der Waals surface area (Å²) in [6.07, 6.45) is 4.30. The van der Waals surface area contributed by atoms with E-state index in [1.165, 1.54) is 10.5 Å². The van der Waals surface area contributed by atoms with Crippen molar-refractivity contribution >= 4 is 58.8 Å². The number of likely N-dealkylation sites (N-methyl/N-ethyl adjacent to an activating group) is 1. The van der Waals surface area contributed by atoms with Crippen molar-refractivity contribution in [1.82, 2.24) is 19.8 Å². The first kappa shape index (κ1) is 31.3. The van der Waals surface area contributed by atoms with E-state index in [1.807, 2.05) is 12.1 Å². The van der Waals surface area contributed by atoms with Crippen molar-refractivity contribution in [2.45, 2.75) is 0 Å². The summed E-state index contributed by atoms with van der Waals surface area (Å²) in [6.45, 7) is 12.2. The highest BCUT2D eigenvalue weighted by Crippen LogP contribution is 2.41. The van der Waals surface area contributed by atoms with Crippen LogP contribution in [0.5, 0.6) is 11.5 Å². The zero-order valence-corrected chi connectivity index (χ0v) is 26.0. The number of para-hydroxylation sites is 1. The van der Waals surface area contributed by atoms with Gasteiger partial charge in [-0.2, -0.15) is 0 Å². The molecule has 1 aliphatic heterocycles. The number of carbonyl (C=O) groups excluding carboxylic acids is 1. The molecule has 2 N–H and O–H groups in total. The normalized spacial score (nSPS) is 14.2. The lowest BCUT2D eigenvalue weighted by Crippen LogP contribution is -2.45. The predicted octanol–water partition coefficient (Wildman–Crippen LogP) is 4.52. The fourth-order valence-electron chi connectivity index (χ4n) is 4.42. The highest BCUT2D eigenvalue weighted by Gasteiger charge is 2.21. The molecule has 0 bridgehead atoms. The molecule has 0 radical (unpaired) electrons. The van der Waals surface area contributed by atoms with E-state index < -0.39 is 7.14 Å². The largest absolute Gasteiger partial charge is 0.494 e. The highest BCUT2D eigenvalue weighted by atomic mass is 35.5. The number of piperazine rings is 1. The van der Waals surface area contributed by atoms with Gasteiger partial charge in [0.2, 0.25) is 11.9 Å². The molecule has 1 aromatic heterocycles. The summed E-state index contributed by atoms with van der Waals surface area (Å²) < 4.78 is 25.9. The summed E-state index contributed by atoms with van der Waals surface area (Å²) in [5, 5.41) is 6.60. The maximum atomic E-state index is 12.8. The van der Waals surface area contributed by atoms with Gasteiger partial charge in [0.25, 0.3) is 0 Å². The van der Waals surface area contributed by atoms with Crippen molar-refractivity contribution in [2.75, 3.05) is 81.9 Å². The molecule has 3 aromatic rings. The second-order valence-electron chi connectivity index (χ2n) is 10.2.